The van der Waals surface area contributed by atoms with Gasteiger partial charge in [0.25, 0.3) is 0 Å². The molecule has 0 saturated heterocycles. The number of ether oxygens (including phenoxy) is 1. The van der Waals surface area contributed by atoms with Crippen molar-refractivity contribution in [1.29, 1.82) is 0 Å². The maximum atomic E-state index is 11.4. The normalized spacial score (nSPS) is 14.4. The molecular weight excluding hydrogens is 262 g/mol. The van der Waals surface area contributed by atoms with Gasteiger partial charge in [-0.25, -0.2) is 0 Å². The van der Waals surface area contributed by atoms with Crippen molar-refractivity contribution in [2.24, 2.45) is 5.92 Å². The van der Waals surface area contributed by atoms with E-state index in [0.29, 0.717) is 5.92 Å². The number of aliphatic hydroxyl groups excluding tert-OH is 1. The standard InChI is InChI=1S/C14H23NO3S/c1-10(2)6-7-15-11(9-13(16)18-3)14(17)12-5-4-8-19-12/h4-5,8,10-11,14-15,17H,6-7,9H2,1-3H3. The molecule has 0 aromatic carbocycles. The van der Waals surface area contributed by atoms with Crippen LogP contribution in [0, 0.1) is 5.92 Å². The highest BCUT2D eigenvalue weighted by Gasteiger charge is 2.24. The molecule has 0 aliphatic heterocycles. The van der Waals surface area contributed by atoms with E-state index in [9.17, 15) is 9.90 Å². The Morgan fingerprint density at radius 2 is 2.26 bits per heavy atom. The van der Waals surface area contributed by atoms with Crippen molar-refractivity contribution >= 4 is 17.3 Å². The first-order chi connectivity index (χ1) is 9.04. The molecule has 0 amide bonds. The number of methoxy groups -OCH3 is 1. The molecule has 1 aromatic heterocycles. The molecule has 4 nitrogen and oxygen atoms in total. The van der Waals surface area contributed by atoms with Crippen molar-refractivity contribution in [3.8, 4) is 0 Å². The zero-order valence-electron chi connectivity index (χ0n) is 11.8. The van der Waals surface area contributed by atoms with Crippen LogP contribution in [0.15, 0.2) is 17.5 Å². The van der Waals surface area contributed by atoms with Crippen LogP contribution in [0.2, 0.25) is 0 Å². The second kappa shape index (κ2) is 8.30. The zero-order valence-corrected chi connectivity index (χ0v) is 12.6. The molecule has 0 radical (unpaired) electrons. The van der Waals surface area contributed by atoms with Crippen LogP contribution in [0.4, 0.5) is 0 Å². The number of carbonyl (C=O) groups excluding carboxylic acids is 1. The molecule has 108 valence electrons. The van der Waals surface area contributed by atoms with Gasteiger partial charge in [-0.05, 0) is 30.3 Å². The summed E-state index contributed by atoms with van der Waals surface area (Å²) in [6, 6.07) is 3.47. The monoisotopic (exact) mass is 285 g/mol. The SMILES string of the molecule is COC(=O)CC(NCCC(C)C)C(O)c1cccs1. The largest absolute Gasteiger partial charge is 0.469 e. The second-order valence-electron chi connectivity index (χ2n) is 4.98. The van der Waals surface area contributed by atoms with Gasteiger partial charge in [0.2, 0.25) is 0 Å². The summed E-state index contributed by atoms with van der Waals surface area (Å²) in [6.45, 7) is 5.07. The summed E-state index contributed by atoms with van der Waals surface area (Å²) in [5, 5.41) is 15.5. The van der Waals surface area contributed by atoms with Crippen LogP contribution in [0.25, 0.3) is 0 Å². The van der Waals surface area contributed by atoms with Gasteiger partial charge in [-0.3, -0.25) is 4.79 Å². The number of thiophene rings is 1. The lowest BCUT2D eigenvalue weighted by Gasteiger charge is -2.23. The van der Waals surface area contributed by atoms with E-state index < -0.39 is 6.10 Å². The molecule has 5 heteroatoms. The van der Waals surface area contributed by atoms with E-state index in [1.165, 1.54) is 18.4 Å². The Hall–Kier alpha value is -0.910. The van der Waals surface area contributed by atoms with Crippen molar-refractivity contribution in [2.45, 2.75) is 38.8 Å². The van der Waals surface area contributed by atoms with Crippen LogP contribution >= 0.6 is 11.3 Å². The maximum Gasteiger partial charge on any atom is 0.307 e. The number of carbonyl (C=O) groups is 1. The van der Waals surface area contributed by atoms with Crippen molar-refractivity contribution in [1.82, 2.24) is 5.32 Å². The minimum atomic E-state index is -0.675. The van der Waals surface area contributed by atoms with E-state index in [2.05, 4.69) is 23.9 Å². The molecule has 0 bridgehead atoms. The minimum absolute atomic E-state index is 0.174. The Labute approximate surface area is 118 Å². The first-order valence-electron chi connectivity index (χ1n) is 6.56. The predicted molar refractivity (Wildman–Crippen MR) is 77.2 cm³/mol. The van der Waals surface area contributed by atoms with Crippen LogP contribution < -0.4 is 5.32 Å². The number of rotatable bonds is 8. The number of aliphatic hydroxyl groups is 1. The molecule has 1 aromatic rings. The number of hydrogen-bond donors (Lipinski definition) is 2. The van der Waals surface area contributed by atoms with Gasteiger partial charge in [0.15, 0.2) is 0 Å². The van der Waals surface area contributed by atoms with Crippen LogP contribution in [0.3, 0.4) is 0 Å². The van der Waals surface area contributed by atoms with Gasteiger partial charge in [0, 0.05) is 10.9 Å². The molecule has 0 aliphatic carbocycles. The van der Waals surface area contributed by atoms with E-state index in [1.54, 1.807) is 0 Å². The lowest BCUT2D eigenvalue weighted by molar-refractivity contribution is -0.142. The van der Waals surface area contributed by atoms with Gasteiger partial charge in [-0.15, -0.1) is 11.3 Å². The molecule has 0 spiro atoms. The predicted octanol–water partition coefficient (Wildman–Crippen LogP) is 2.35. The molecule has 1 rings (SSSR count). The van der Waals surface area contributed by atoms with Gasteiger partial charge >= 0.3 is 5.97 Å². The summed E-state index contributed by atoms with van der Waals surface area (Å²) in [5.41, 5.74) is 0. The maximum absolute atomic E-state index is 11.4. The molecule has 2 N–H and O–H groups in total. The summed E-state index contributed by atoms with van der Waals surface area (Å²) < 4.78 is 4.69. The average Bonchev–Trinajstić information content (AvgIpc) is 2.89. The number of nitrogens with one attached hydrogen (secondary N) is 1. The van der Waals surface area contributed by atoms with E-state index in [0.717, 1.165) is 17.8 Å². The summed E-state index contributed by atoms with van der Waals surface area (Å²) in [4.78, 5) is 12.3. The third-order valence-electron chi connectivity index (χ3n) is 2.96. The number of esters is 1. The zero-order chi connectivity index (χ0) is 14.3. The van der Waals surface area contributed by atoms with Gasteiger partial charge in [-0.1, -0.05) is 19.9 Å². The van der Waals surface area contributed by atoms with Crippen LogP contribution in [-0.2, 0) is 9.53 Å². The molecule has 19 heavy (non-hydrogen) atoms. The Kier molecular flexibility index (Phi) is 7.05. The molecule has 2 unspecified atom stereocenters. The smallest absolute Gasteiger partial charge is 0.307 e. The molecule has 0 fully saturated rings. The fraction of sp³-hybridized carbons (Fsp3) is 0.643. The van der Waals surface area contributed by atoms with Gasteiger partial charge in [0.05, 0.1) is 13.5 Å². The third-order valence-corrected chi connectivity index (χ3v) is 3.90. The summed E-state index contributed by atoms with van der Waals surface area (Å²) >= 11 is 1.49. The van der Waals surface area contributed by atoms with Crippen LogP contribution in [0.1, 0.15) is 37.7 Å². The Balaban J connectivity index is 2.60. The molecule has 1 heterocycles. The fourth-order valence-corrected chi connectivity index (χ4v) is 2.55. The minimum Gasteiger partial charge on any atom is -0.469 e. The van der Waals surface area contributed by atoms with E-state index in [1.807, 2.05) is 17.5 Å². The quantitative estimate of drug-likeness (QED) is 0.720. The fourth-order valence-electron chi connectivity index (χ4n) is 1.77. The second-order valence-corrected chi connectivity index (χ2v) is 5.96. The van der Waals surface area contributed by atoms with Crippen molar-refractivity contribution in [3.63, 3.8) is 0 Å². The first kappa shape index (κ1) is 16.1. The van der Waals surface area contributed by atoms with E-state index >= 15 is 0 Å². The lowest BCUT2D eigenvalue weighted by atomic mass is 10.0. The van der Waals surface area contributed by atoms with Crippen LogP contribution in [-0.4, -0.2) is 30.8 Å². The van der Waals surface area contributed by atoms with Crippen LogP contribution in [0.5, 0.6) is 0 Å². The van der Waals surface area contributed by atoms with Gasteiger partial charge < -0.3 is 15.2 Å². The molecule has 0 saturated carbocycles. The van der Waals surface area contributed by atoms with Gasteiger partial charge in [0.1, 0.15) is 6.10 Å². The first-order valence-corrected chi connectivity index (χ1v) is 7.44. The Morgan fingerprint density at radius 3 is 2.79 bits per heavy atom. The Bertz CT molecular complexity index is 365. The summed E-state index contributed by atoms with van der Waals surface area (Å²) in [6.07, 6.45) is 0.508. The summed E-state index contributed by atoms with van der Waals surface area (Å²) in [5.74, 6) is 0.280. The average molecular weight is 285 g/mol. The highest BCUT2D eigenvalue weighted by molar-refractivity contribution is 7.10. The Morgan fingerprint density at radius 1 is 1.53 bits per heavy atom. The number of hydrogen-bond acceptors (Lipinski definition) is 5. The van der Waals surface area contributed by atoms with Crippen molar-refractivity contribution in [2.75, 3.05) is 13.7 Å². The lowest BCUT2D eigenvalue weighted by Crippen LogP contribution is -2.38. The third kappa shape index (κ3) is 5.72. The highest BCUT2D eigenvalue weighted by Crippen LogP contribution is 2.23. The highest BCUT2D eigenvalue weighted by atomic mass is 32.1. The van der Waals surface area contributed by atoms with E-state index in [4.69, 9.17) is 0 Å². The summed E-state index contributed by atoms with van der Waals surface area (Å²) in [7, 11) is 1.37. The molecule has 0 aliphatic rings. The molecule has 2 atom stereocenters. The van der Waals surface area contributed by atoms with Crippen molar-refractivity contribution in [3.05, 3.63) is 22.4 Å². The molecular formula is C14H23NO3S. The van der Waals surface area contributed by atoms with Crippen molar-refractivity contribution < 1.29 is 14.6 Å². The topological polar surface area (TPSA) is 58.6 Å². The van der Waals surface area contributed by atoms with Gasteiger partial charge in [-0.2, -0.15) is 0 Å². The van der Waals surface area contributed by atoms with E-state index in [-0.39, 0.29) is 18.4 Å².